The normalized spacial score (nSPS) is 13.0. The number of carbonyl (C=O) groups is 1. The maximum absolute atomic E-state index is 11.0. The third-order valence-electron chi connectivity index (χ3n) is 3.00. The highest BCUT2D eigenvalue weighted by molar-refractivity contribution is 5.73. The number of carboxylic acid groups (broad SMARTS) is 1. The average Bonchev–Trinajstić information content (AvgIpc) is 2.28. The molecule has 0 aliphatic carbocycles. The number of nitro benzene ring substituents is 1. The maximum Gasteiger partial charge on any atom is 0.309 e. The zero-order valence-electron chi connectivity index (χ0n) is 11.0. The second-order valence-electron chi connectivity index (χ2n) is 5.28. The van der Waals surface area contributed by atoms with Crippen LogP contribution in [0, 0.1) is 15.5 Å². The molecule has 0 heterocycles. The van der Waals surface area contributed by atoms with Gasteiger partial charge in [0.2, 0.25) is 0 Å². The van der Waals surface area contributed by atoms with Crippen molar-refractivity contribution in [3.05, 3.63) is 39.9 Å². The summed E-state index contributed by atoms with van der Waals surface area (Å²) in [6.07, 6.45) is 0.841. The second-order valence-corrected chi connectivity index (χ2v) is 5.28. The van der Waals surface area contributed by atoms with E-state index in [0.29, 0.717) is 12.8 Å². The quantitative estimate of drug-likeness (QED) is 0.604. The van der Waals surface area contributed by atoms with Gasteiger partial charge in [-0.05, 0) is 32.3 Å². The van der Waals surface area contributed by atoms with E-state index in [2.05, 4.69) is 0 Å². The number of hydrogen-bond acceptors (Lipinski definition) is 4. The molecule has 1 aromatic carbocycles. The molecule has 0 saturated heterocycles. The van der Waals surface area contributed by atoms with Gasteiger partial charge in [0.15, 0.2) is 0 Å². The fourth-order valence-corrected chi connectivity index (χ4v) is 1.87. The molecule has 0 bridgehead atoms. The van der Waals surface area contributed by atoms with Gasteiger partial charge in [-0.2, -0.15) is 0 Å². The molecule has 1 atom stereocenters. The van der Waals surface area contributed by atoms with Gasteiger partial charge >= 0.3 is 5.97 Å². The van der Waals surface area contributed by atoms with E-state index < -0.39 is 16.3 Å². The third kappa shape index (κ3) is 4.33. The van der Waals surface area contributed by atoms with Crippen molar-refractivity contribution >= 4 is 11.7 Å². The smallest absolute Gasteiger partial charge is 0.309 e. The number of rotatable bonds is 6. The fraction of sp³-hybridized carbons (Fsp3) is 0.462. The van der Waals surface area contributed by atoms with Crippen molar-refractivity contribution in [3.63, 3.8) is 0 Å². The summed E-state index contributed by atoms with van der Waals surface area (Å²) in [5, 5.41) is 19.5. The molecule has 0 amide bonds. The van der Waals surface area contributed by atoms with Gasteiger partial charge in [0.05, 0.1) is 10.3 Å². The fourth-order valence-electron chi connectivity index (χ4n) is 1.87. The molecule has 3 N–H and O–H groups in total. The summed E-state index contributed by atoms with van der Waals surface area (Å²) in [5.41, 5.74) is 5.95. The average molecular weight is 266 g/mol. The lowest BCUT2D eigenvalue weighted by Gasteiger charge is -2.23. The molecule has 1 rings (SSSR count). The molecule has 0 aliphatic heterocycles. The van der Waals surface area contributed by atoms with Crippen LogP contribution in [0.2, 0.25) is 0 Å². The van der Waals surface area contributed by atoms with Crippen LogP contribution < -0.4 is 5.73 Å². The van der Waals surface area contributed by atoms with Crippen molar-refractivity contribution in [3.8, 4) is 0 Å². The lowest BCUT2D eigenvalue weighted by atomic mass is 9.84. The summed E-state index contributed by atoms with van der Waals surface area (Å²) in [5.74, 6) is -0.883. The zero-order valence-corrected chi connectivity index (χ0v) is 11.0. The highest BCUT2D eigenvalue weighted by atomic mass is 16.6. The molecule has 6 nitrogen and oxygen atoms in total. The van der Waals surface area contributed by atoms with Crippen molar-refractivity contribution in [1.82, 2.24) is 0 Å². The van der Waals surface area contributed by atoms with Crippen LogP contribution in [0.25, 0.3) is 0 Å². The highest BCUT2D eigenvalue weighted by Crippen LogP contribution is 2.23. The number of aliphatic carboxylic acids is 1. The van der Waals surface area contributed by atoms with Gasteiger partial charge in [0.1, 0.15) is 0 Å². The number of benzene rings is 1. The van der Waals surface area contributed by atoms with Crippen LogP contribution in [0.15, 0.2) is 24.3 Å². The predicted molar refractivity (Wildman–Crippen MR) is 70.8 cm³/mol. The van der Waals surface area contributed by atoms with Gasteiger partial charge in [-0.15, -0.1) is 0 Å². The van der Waals surface area contributed by atoms with Gasteiger partial charge in [0, 0.05) is 18.2 Å². The van der Waals surface area contributed by atoms with Crippen molar-refractivity contribution in [2.75, 3.05) is 0 Å². The predicted octanol–water partition coefficient (Wildman–Crippen LogP) is 1.97. The van der Waals surface area contributed by atoms with E-state index in [0.717, 1.165) is 5.56 Å². The maximum atomic E-state index is 11.0. The number of nitrogens with zero attached hydrogens (tertiary/aromatic N) is 1. The number of nitro groups is 1. The highest BCUT2D eigenvalue weighted by Gasteiger charge is 2.29. The Morgan fingerprint density at radius 1 is 1.42 bits per heavy atom. The molecule has 19 heavy (non-hydrogen) atoms. The topological polar surface area (TPSA) is 106 Å². The first-order chi connectivity index (χ1) is 8.72. The number of hydrogen-bond donors (Lipinski definition) is 2. The molecule has 0 aliphatic rings. The van der Waals surface area contributed by atoms with Crippen LogP contribution in [-0.4, -0.2) is 22.0 Å². The van der Waals surface area contributed by atoms with Crippen LogP contribution in [0.5, 0.6) is 0 Å². The van der Waals surface area contributed by atoms with E-state index in [9.17, 15) is 14.9 Å². The van der Waals surface area contributed by atoms with Gasteiger partial charge in [0.25, 0.3) is 5.69 Å². The summed E-state index contributed by atoms with van der Waals surface area (Å²) >= 11 is 0. The molecule has 1 aromatic rings. The summed E-state index contributed by atoms with van der Waals surface area (Å²) in [6.45, 7) is 3.26. The number of non-ortho nitro benzene ring substituents is 1. The SMILES string of the molecule is CC(C)(C[C@@H](N)Cc1ccc([N+](=O)[O-])cc1)C(=O)O. The van der Waals surface area contributed by atoms with Gasteiger partial charge in [-0.1, -0.05) is 12.1 Å². The van der Waals surface area contributed by atoms with E-state index in [-0.39, 0.29) is 11.7 Å². The van der Waals surface area contributed by atoms with Crippen LogP contribution in [-0.2, 0) is 11.2 Å². The molecule has 0 fully saturated rings. The van der Waals surface area contributed by atoms with E-state index in [1.54, 1.807) is 26.0 Å². The molecule has 6 heteroatoms. The molecule has 0 spiro atoms. The zero-order chi connectivity index (χ0) is 14.6. The van der Waals surface area contributed by atoms with Gasteiger partial charge in [-0.3, -0.25) is 14.9 Å². The molecular weight excluding hydrogens is 248 g/mol. The van der Waals surface area contributed by atoms with Crippen LogP contribution >= 0.6 is 0 Å². The molecule has 0 saturated carbocycles. The monoisotopic (exact) mass is 266 g/mol. The Morgan fingerprint density at radius 3 is 2.37 bits per heavy atom. The summed E-state index contributed by atoms with van der Waals surface area (Å²) < 4.78 is 0. The first-order valence-corrected chi connectivity index (χ1v) is 5.94. The molecule has 0 aromatic heterocycles. The molecule has 0 unspecified atom stereocenters. The van der Waals surface area contributed by atoms with Crippen molar-refractivity contribution < 1.29 is 14.8 Å². The molecule has 0 radical (unpaired) electrons. The van der Waals surface area contributed by atoms with Crippen molar-refractivity contribution in [1.29, 1.82) is 0 Å². The second kappa shape index (κ2) is 5.79. The first kappa shape index (κ1) is 15.1. The van der Waals surface area contributed by atoms with E-state index >= 15 is 0 Å². The number of carboxylic acids is 1. The Balaban J connectivity index is 2.64. The Kier molecular flexibility index (Phi) is 4.61. The third-order valence-corrected chi connectivity index (χ3v) is 3.00. The Bertz CT molecular complexity index is 468. The van der Waals surface area contributed by atoms with Crippen molar-refractivity contribution in [2.24, 2.45) is 11.1 Å². The first-order valence-electron chi connectivity index (χ1n) is 5.94. The Morgan fingerprint density at radius 2 is 1.95 bits per heavy atom. The Hall–Kier alpha value is -1.95. The van der Waals surface area contributed by atoms with Crippen LogP contribution in [0.3, 0.4) is 0 Å². The van der Waals surface area contributed by atoms with E-state index in [1.807, 2.05) is 0 Å². The Labute approximate surface area is 111 Å². The summed E-state index contributed by atoms with van der Waals surface area (Å²) in [7, 11) is 0. The van der Waals surface area contributed by atoms with Crippen LogP contribution in [0.1, 0.15) is 25.8 Å². The molecule has 104 valence electrons. The summed E-state index contributed by atoms with van der Waals surface area (Å²) in [6, 6.07) is 5.83. The summed E-state index contributed by atoms with van der Waals surface area (Å²) in [4.78, 5) is 21.0. The van der Waals surface area contributed by atoms with Crippen LogP contribution in [0.4, 0.5) is 5.69 Å². The lowest BCUT2D eigenvalue weighted by molar-refractivity contribution is -0.384. The molecular formula is C13H18N2O4. The van der Waals surface area contributed by atoms with E-state index in [4.69, 9.17) is 10.8 Å². The standard InChI is InChI=1S/C13H18N2O4/c1-13(2,12(16)17)8-10(14)7-9-3-5-11(6-4-9)15(18)19/h3-6,10H,7-8,14H2,1-2H3,(H,16,17)/t10-/m0/s1. The largest absolute Gasteiger partial charge is 0.481 e. The van der Waals surface area contributed by atoms with Gasteiger partial charge < -0.3 is 10.8 Å². The number of nitrogens with two attached hydrogens (primary N) is 1. The minimum atomic E-state index is -0.883. The van der Waals surface area contributed by atoms with E-state index in [1.165, 1.54) is 12.1 Å². The van der Waals surface area contributed by atoms with Crippen molar-refractivity contribution in [2.45, 2.75) is 32.7 Å². The minimum Gasteiger partial charge on any atom is -0.481 e. The minimum absolute atomic E-state index is 0.0307. The van der Waals surface area contributed by atoms with Gasteiger partial charge in [-0.25, -0.2) is 0 Å². The lowest BCUT2D eigenvalue weighted by Crippen LogP contribution is -2.34.